The third kappa shape index (κ3) is 5.33. The fourth-order valence-corrected chi connectivity index (χ4v) is 4.76. The summed E-state index contributed by atoms with van der Waals surface area (Å²) in [5.74, 6) is -1.09. The second-order valence-corrected chi connectivity index (χ2v) is 9.18. The zero-order valence-corrected chi connectivity index (χ0v) is 20.2. The number of nitrogens with zero attached hydrogens (tertiary/aromatic N) is 1. The number of aromatic nitrogens is 1. The number of rotatable bonds is 7. The number of aromatic amines is 1. The fraction of sp³-hybridized carbons (Fsp3) is 0.207. The van der Waals surface area contributed by atoms with E-state index in [0.29, 0.717) is 6.42 Å². The van der Waals surface area contributed by atoms with Crippen LogP contribution >= 0.6 is 0 Å². The van der Waals surface area contributed by atoms with Crippen molar-refractivity contribution in [3.63, 3.8) is 0 Å². The lowest BCUT2D eigenvalue weighted by molar-refractivity contribution is -0.131. The maximum Gasteiger partial charge on any atom is 0.411 e. The van der Waals surface area contributed by atoms with Crippen molar-refractivity contribution in [3.05, 3.63) is 107 Å². The number of H-pyrrole nitrogens is 1. The van der Waals surface area contributed by atoms with Gasteiger partial charge in [-0.3, -0.25) is 14.5 Å². The molecule has 1 aromatic heterocycles. The molecule has 0 spiro atoms. The van der Waals surface area contributed by atoms with E-state index in [-0.39, 0.29) is 19.6 Å². The highest BCUT2D eigenvalue weighted by molar-refractivity contribution is 5.92. The van der Waals surface area contributed by atoms with Crippen LogP contribution in [0.2, 0.25) is 0 Å². The maximum atomic E-state index is 13.5. The van der Waals surface area contributed by atoms with Gasteiger partial charge in [-0.2, -0.15) is 0 Å². The van der Waals surface area contributed by atoms with Gasteiger partial charge >= 0.3 is 6.09 Å². The number of amides is 3. The molecule has 8 nitrogen and oxygen atoms in total. The van der Waals surface area contributed by atoms with Gasteiger partial charge in [-0.15, -0.1) is 0 Å². The standard InChI is InChI=1S/C29H28N4O4/c30-27(34)25(14-22-16-31-24-13-7-6-12-23(22)24)32-28(35)26-15-20-10-4-5-11-21(20)17-33(26)29(36)37-18-19-8-2-1-3-9-19/h1-13,16,25-26,31H,14-15,17-18H2,(H2,30,34)(H,32,35)/t25-,26-/m0/s1. The van der Waals surface area contributed by atoms with Crippen molar-refractivity contribution in [2.45, 2.75) is 38.1 Å². The number of hydrogen-bond donors (Lipinski definition) is 3. The SMILES string of the molecule is NC(=O)[C@H](Cc1c[nH]c2ccccc12)NC(=O)[C@@H]1Cc2ccccc2CN1C(=O)OCc1ccccc1. The van der Waals surface area contributed by atoms with Crippen molar-refractivity contribution in [2.75, 3.05) is 0 Å². The Balaban J connectivity index is 1.35. The van der Waals surface area contributed by atoms with Crippen LogP contribution in [0.25, 0.3) is 10.9 Å². The van der Waals surface area contributed by atoms with Crippen LogP contribution in [0.4, 0.5) is 4.79 Å². The molecule has 37 heavy (non-hydrogen) atoms. The zero-order valence-electron chi connectivity index (χ0n) is 20.2. The van der Waals surface area contributed by atoms with Crippen LogP contribution in [0.5, 0.6) is 0 Å². The molecule has 3 amide bonds. The molecule has 0 aliphatic carbocycles. The van der Waals surface area contributed by atoms with Crippen molar-refractivity contribution in [3.8, 4) is 0 Å². The lowest BCUT2D eigenvalue weighted by Gasteiger charge is -2.35. The number of carbonyl (C=O) groups excluding carboxylic acids is 3. The predicted octanol–water partition coefficient (Wildman–Crippen LogP) is 3.44. The summed E-state index contributed by atoms with van der Waals surface area (Å²) in [4.78, 5) is 43.6. The smallest absolute Gasteiger partial charge is 0.411 e. The predicted molar refractivity (Wildman–Crippen MR) is 139 cm³/mol. The highest BCUT2D eigenvalue weighted by Gasteiger charge is 2.37. The first kappa shape index (κ1) is 24.1. The first-order valence-corrected chi connectivity index (χ1v) is 12.2. The van der Waals surface area contributed by atoms with E-state index in [2.05, 4.69) is 10.3 Å². The van der Waals surface area contributed by atoms with E-state index in [9.17, 15) is 14.4 Å². The van der Waals surface area contributed by atoms with Crippen LogP contribution in [0.3, 0.4) is 0 Å². The molecule has 3 aromatic carbocycles. The molecule has 0 saturated carbocycles. The highest BCUT2D eigenvalue weighted by atomic mass is 16.6. The summed E-state index contributed by atoms with van der Waals surface area (Å²) >= 11 is 0. The number of hydrogen-bond acceptors (Lipinski definition) is 4. The summed E-state index contributed by atoms with van der Waals surface area (Å²) in [7, 11) is 0. The summed E-state index contributed by atoms with van der Waals surface area (Å²) in [6.45, 7) is 0.322. The monoisotopic (exact) mass is 496 g/mol. The van der Waals surface area contributed by atoms with E-state index in [1.807, 2.05) is 85.1 Å². The summed E-state index contributed by atoms with van der Waals surface area (Å²) in [5, 5.41) is 3.76. The van der Waals surface area contributed by atoms with Gasteiger partial charge in [-0.25, -0.2) is 4.79 Å². The van der Waals surface area contributed by atoms with Gasteiger partial charge in [0.1, 0.15) is 18.7 Å². The van der Waals surface area contributed by atoms with E-state index >= 15 is 0 Å². The Morgan fingerprint density at radius 2 is 1.68 bits per heavy atom. The molecule has 188 valence electrons. The molecule has 2 heterocycles. The van der Waals surface area contributed by atoms with Crippen molar-refractivity contribution >= 4 is 28.8 Å². The van der Waals surface area contributed by atoms with Gasteiger partial charge < -0.3 is 20.8 Å². The molecule has 4 aromatic rings. The summed E-state index contributed by atoms with van der Waals surface area (Å²) in [6, 6.07) is 23.0. The van der Waals surface area contributed by atoms with Gasteiger partial charge in [0.2, 0.25) is 11.8 Å². The molecular formula is C29H28N4O4. The number of benzene rings is 3. The van der Waals surface area contributed by atoms with Crippen molar-refractivity contribution in [2.24, 2.45) is 5.73 Å². The van der Waals surface area contributed by atoms with Crippen LogP contribution in [-0.2, 0) is 40.3 Å². The minimum Gasteiger partial charge on any atom is -0.445 e. The topological polar surface area (TPSA) is 118 Å². The van der Waals surface area contributed by atoms with Crippen LogP contribution in [0, 0.1) is 0 Å². The summed E-state index contributed by atoms with van der Waals surface area (Å²) in [5.41, 5.74) is 10.3. The highest BCUT2D eigenvalue weighted by Crippen LogP contribution is 2.25. The second kappa shape index (κ2) is 10.6. The molecule has 0 bridgehead atoms. The van der Waals surface area contributed by atoms with Crippen molar-refractivity contribution in [1.82, 2.24) is 15.2 Å². The molecule has 1 aliphatic rings. The van der Waals surface area contributed by atoms with E-state index < -0.39 is 30.0 Å². The number of carbonyl (C=O) groups is 3. The van der Waals surface area contributed by atoms with E-state index in [0.717, 1.165) is 33.2 Å². The minimum atomic E-state index is -0.939. The molecule has 4 N–H and O–H groups in total. The molecule has 0 saturated heterocycles. The first-order valence-electron chi connectivity index (χ1n) is 12.2. The molecule has 8 heteroatoms. The van der Waals surface area contributed by atoms with Crippen molar-refractivity contribution in [1.29, 1.82) is 0 Å². The van der Waals surface area contributed by atoms with E-state index in [1.165, 1.54) is 4.90 Å². The molecular weight excluding hydrogens is 468 g/mol. The quantitative estimate of drug-likeness (QED) is 0.363. The molecule has 0 fully saturated rings. The summed E-state index contributed by atoms with van der Waals surface area (Å²) in [6.07, 6.45) is 1.76. The van der Waals surface area contributed by atoms with E-state index in [4.69, 9.17) is 10.5 Å². The molecule has 1 aliphatic heterocycles. The third-order valence-corrected chi connectivity index (χ3v) is 6.75. The normalized spacial score (nSPS) is 15.6. The number of primary amides is 1. The van der Waals surface area contributed by atoms with Gasteiger partial charge in [0, 0.05) is 29.9 Å². The van der Waals surface area contributed by atoms with Crippen LogP contribution < -0.4 is 11.1 Å². The second-order valence-electron chi connectivity index (χ2n) is 9.18. The molecule has 0 unspecified atom stereocenters. The van der Waals surface area contributed by atoms with Gasteiger partial charge in [0.15, 0.2) is 0 Å². The summed E-state index contributed by atoms with van der Waals surface area (Å²) < 4.78 is 5.56. The van der Waals surface area contributed by atoms with Crippen molar-refractivity contribution < 1.29 is 19.1 Å². The molecule has 2 atom stereocenters. The Hall–Kier alpha value is -4.59. The van der Waals surface area contributed by atoms with Gasteiger partial charge in [0.05, 0.1) is 6.54 Å². The number of fused-ring (bicyclic) bond motifs is 2. The molecule has 0 radical (unpaired) electrons. The average Bonchev–Trinajstić information content (AvgIpc) is 3.33. The van der Waals surface area contributed by atoms with Crippen LogP contribution in [0.15, 0.2) is 85.1 Å². The third-order valence-electron chi connectivity index (χ3n) is 6.75. The Morgan fingerprint density at radius 3 is 2.46 bits per heavy atom. The van der Waals surface area contributed by atoms with Crippen LogP contribution in [0.1, 0.15) is 22.3 Å². The van der Waals surface area contributed by atoms with E-state index in [1.54, 1.807) is 0 Å². The van der Waals surface area contributed by atoms with Gasteiger partial charge in [-0.05, 0) is 28.3 Å². The number of para-hydroxylation sites is 1. The molecule has 5 rings (SSSR count). The minimum absolute atomic E-state index is 0.0939. The Labute approximate surface area is 214 Å². The lowest BCUT2D eigenvalue weighted by Crippen LogP contribution is -2.56. The largest absolute Gasteiger partial charge is 0.445 e. The number of ether oxygens (including phenoxy) is 1. The first-order chi connectivity index (χ1) is 18.0. The Kier molecular flexibility index (Phi) is 6.89. The Bertz CT molecular complexity index is 1430. The number of nitrogens with two attached hydrogens (primary N) is 1. The lowest BCUT2D eigenvalue weighted by atomic mass is 9.93. The number of nitrogens with one attached hydrogen (secondary N) is 2. The average molecular weight is 497 g/mol. The zero-order chi connectivity index (χ0) is 25.8. The Morgan fingerprint density at radius 1 is 0.973 bits per heavy atom. The van der Waals surface area contributed by atoms with Gasteiger partial charge in [-0.1, -0.05) is 72.8 Å². The maximum absolute atomic E-state index is 13.5. The van der Waals surface area contributed by atoms with Crippen LogP contribution in [-0.4, -0.2) is 39.9 Å². The van der Waals surface area contributed by atoms with Gasteiger partial charge in [0.25, 0.3) is 0 Å². The fourth-order valence-electron chi connectivity index (χ4n) is 4.76.